The van der Waals surface area contributed by atoms with Gasteiger partial charge in [0.05, 0.1) is 18.1 Å². The fourth-order valence-corrected chi connectivity index (χ4v) is 3.03. The zero-order chi connectivity index (χ0) is 18.0. The lowest BCUT2D eigenvalue weighted by molar-refractivity contribution is 0.0942. The molecular weight excluding hydrogens is 330 g/mol. The van der Waals surface area contributed by atoms with Gasteiger partial charge < -0.3 is 10.3 Å². The summed E-state index contributed by atoms with van der Waals surface area (Å²) < 4.78 is 1.92. The molecule has 0 radical (unpaired) electrons. The van der Waals surface area contributed by atoms with E-state index in [1.807, 2.05) is 23.0 Å². The maximum absolute atomic E-state index is 12.6. The summed E-state index contributed by atoms with van der Waals surface area (Å²) >= 11 is 0. The lowest BCUT2D eigenvalue weighted by Crippen LogP contribution is -2.32. The molecule has 7 nitrogen and oxygen atoms in total. The average molecular weight is 349 g/mol. The van der Waals surface area contributed by atoms with Crippen molar-refractivity contribution in [2.45, 2.75) is 19.4 Å². The van der Waals surface area contributed by atoms with Crippen molar-refractivity contribution >= 4 is 5.91 Å². The van der Waals surface area contributed by atoms with Crippen LogP contribution in [0.2, 0.25) is 0 Å². The van der Waals surface area contributed by atoms with Crippen LogP contribution in [0.3, 0.4) is 0 Å². The molecule has 3 aromatic rings. The normalized spacial score (nSPS) is 14.8. The second-order valence-corrected chi connectivity index (χ2v) is 6.78. The van der Waals surface area contributed by atoms with Crippen LogP contribution in [-0.4, -0.2) is 32.2 Å². The van der Waals surface area contributed by atoms with E-state index in [-0.39, 0.29) is 16.9 Å². The molecule has 26 heavy (non-hydrogen) atoms. The first-order chi connectivity index (χ1) is 12.6. The van der Waals surface area contributed by atoms with Crippen LogP contribution in [0.25, 0.3) is 11.3 Å². The van der Waals surface area contributed by atoms with Crippen molar-refractivity contribution in [3.63, 3.8) is 0 Å². The third kappa shape index (κ3) is 3.56. The van der Waals surface area contributed by atoms with Crippen LogP contribution in [-0.2, 0) is 6.54 Å². The van der Waals surface area contributed by atoms with Crippen LogP contribution < -0.4 is 10.9 Å². The monoisotopic (exact) mass is 349 g/mol. The van der Waals surface area contributed by atoms with E-state index in [1.54, 1.807) is 30.6 Å². The van der Waals surface area contributed by atoms with E-state index in [2.05, 4.69) is 20.4 Å². The largest absolute Gasteiger partial charge is 0.351 e. The lowest BCUT2D eigenvalue weighted by atomic mass is 10.1. The van der Waals surface area contributed by atoms with E-state index in [0.717, 1.165) is 24.9 Å². The minimum Gasteiger partial charge on any atom is -0.351 e. The minimum absolute atomic E-state index is 0.105. The summed E-state index contributed by atoms with van der Waals surface area (Å²) in [5, 5.41) is 7.28. The van der Waals surface area contributed by atoms with Crippen molar-refractivity contribution in [3.8, 4) is 11.3 Å². The van der Waals surface area contributed by atoms with Crippen LogP contribution in [0.4, 0.5) is 0 Å². The van der Waals surface area contributed by atoms with Crippen LogP contribution in [0, 0.1) is 5.41 Å². The maximum Gasteiger partial charge on any atom is 0.266 e. The molecule has 7 heteroatoms. The Morgan fingerprint density at radius 2 is 2.15 bits per heavy atom. The number of carbonyl (C=O) groups is 1. The summed E-state index contributed by atoms with van der Waals surface area (Å²) in [7, 11) is 0. The molecule has 1 aliphatic rings. The highest BCUT2D eigenvalue weighted by molar-refractivity contribution is 5.95. The van der Waals surface area contributed by atoms with E-state index in [0.29, 0.717) is 17.8 Å². The molecule has 1 fully saturated rings. The Balaban J connectivity index is 1.44. The molecule has 0 unspecified atom stereocenters. The molecule has 1 amide bonds. The molecule has 0 bridgehead atoms. The van der Waals surface area contributed by atoms with Gasteiger partial charge in [0, 0.05) is 42.0 Å². The zero-order valence-corrected chi connectivity index (χ0v) is 14.2. The molecule has 1 saturated carbocycles. The van der Waals surface area contributed by atoms with Gasteiger partial charge in [0.1, 0.15) is 0 Å². The van der Waals surface area contributed by atoms with E-state index in [4.69, 9.17) is 0 Å². The Kier molecular flexibility index (Phi) is 4.12. The molecule has 2 N–H and O–H groups in total. The Morgan fingerprint density at radius 1 is 1.27 bits per heavy atom. The van der Waals surface area contributed by atoms with Crippen LogP contribution in [0.5, 0.6) is 0 Å². The SMILES string of the molecule is O=C(NCC1(Cn2cccn2)CC1)c1cccc(-c2cncc(=O)[nH]2)c1. The summed E-state index contributed by atoms with van der Waals surface area (Å²) in [6.45, 7) is 1.44. The van der Waals surface area contributed by atoms with Gasteiger partial charge in [-0.05, 0) is 31.0 Å². The summed E-state index contributed by atoms with van der Waals surface area (Å²) in [5.74, 6) is -0.121. The molecule has 2 aromatic heterocycles. The number of hydrogen-bond acceptors (Lipinski definition) is 4. The highest BCUT2D eigenvalue weighted by Gasteiger charge is 2.43. The molecule has 2 heterocycles. The van der Waals surface area contributed by atoms with Crippen molar-refractivity contribution in [1.29, 1.82) is 0 Å². The number of hydrogen-bond donors (Lipinski definition) is 2. The second-order valence-electron chi connectivity index (χ2n) is 6.78. The number of benzene rings is 1. The predicted molar refractivity (Wildman–Crippen MR) is 96.5 cm³/mol. The van der Waals surface area contributed by atoms with Gasteiger partial charge in [0.25, 0.3) is 11.5 Å². The van der Waals surface area contributed by atoms with Gasteiger partial charge in [0.2, 0.25) is 0 Å². The van der Waals surface area contributed by atoms with E-state index in [9.17, 15) is 9.59 Å². The second kappa shape index (κ2) is 6.59. The Morgan fingerprint density at radius 3 is 2.88 bits per heavy atom. The number of rotatable bonds is 6. The third-order valence-electron chi connectivity index (χ3n) is 4.73. The highest BCUT2D eigenvalue weighted by Crippen LogP contribution is 2.46. The molecule has 0 saturated heterocycles. The first-order valence-corrected chi connectivity index (χ1v) is 8.54. The summed E-state index contributed by atoms with van der Waals surface area (Å²) in [6.07, 6.45) is 8.67. The number of aromatic amines is 1. The predicted octanol–water partition coefficient (Wildman–Crippen LogP) is 1.84. The average Bonchev–Trinajstić information content (AvgIpc) is 3.23. The minimum atomic E-state index is -0.272. The van der Waals surface area contributed by atoms with Crippen LogP contribution in [0.1, 0.15) is 23.2 Å². The van der Waals surface area contributed by atoms with Crippen LogP contribution in [0.15, 0.2) is 59.9 Å². The smallest absolute Gasteiger partial charge is 0.266 e. The van der Waals surface area contributed by atoms with Crippen molar-refractivity contribution in [2.24, 2.45) is 5.41 Å². The summed E-state index contributed by atoms with van der Waals surface area (Å²) in [4.78, 5) is 30.6. The molecule has 132 valence electrons. The fourth-order valence-electron chi connectivity index (χ4n) is 3.03. The molecule has 4 rings (SSSR count). The molecular formula is C19H19N5O2. The fraction of sp³-hybridized carbons (Fsp3) is 0.263. The number of nitrogens with one attached hydrogen (secondary N) is 2. The number of aromatic nitrogens is 4. The van der Waals surface area contributed by atoms with E-state index >= 15 is 0 Å². The van der Waals surface area contributed by atoms with Crippen molar-refractivity contribution in [3.05, 3.63) is 71.0 Å². The molecule has 0 spiro atoms. The van der Waals surface area contributed by atoms with Gasteiger partial charge in [0.15, 0.2) is 0 Å². The van der Waals surface area contributed by atoms with Crippen molar-refractivity contribution in [1.82, 2.24) is 25.1 Å². The molecule has 0 atom stereocenters. The van der Waals surface area contributed by atoms with Gasteiger partial charge in [-0.1, -0.05) is 12.1 Å². The topological polar surface area (TPSA) is 92.7 Å². The van der Waals surface area contributed by atoms with Gasteiger partial charge in [-0.25, -0.2) is 0 Å². The Hall–Kier alpha value is -3.22. The van der Waals surface area contributed by atoms with E-state index < -0.39 is 0 Å². The Labute approximate surface area is 150 Å². The standard InChI is InChI=1S/C19H19N5O2/c25-17-11-20-10-16(23-17)14-3-1-4-15(9-14)18(26)21-12-19(5-6-19)13-24-8-2-7-22-24/h1-4,7-11H,5-6,12-13H2,(H,21,26)(H,23,25). The summed E-state index contributed by atoms with van der Waals surface area (Å²) in [5.41, 5.74) is 1.73. The molecule has 0 aliphatic heterocycles. The maximum atomic E-state index is 12.6. The lowest BCUT2D eigenvalue weighted by Gasteiger charge is -2.16. The van der Waals surface area contributed by atoms with Gasteiger partial charge >= 0.3 is 0 Å². The molecule has 1 aromatic carbocycles. The number of H-pyrrole nitrogens is 1. The summed E-state index contributed by atoms with van der Waals surface area (Å²) in [6, 6.07) is 9.06. The first-order valence-electron chi connectivity index (χ1n) is 8.54. The van der Waals surface area contributed by atoms with Crippen molar-refractivity contribution in [2.75, 3.05) is 6.54 Å². The van der Waals surface area contributed by atoms with Gasteiger partial charge in [-0.2, -0.15) is 5.10 Å². The quantitative estimate of drug-likeness (QED) is 0.710. The first kappa shape index (κ1) is 16.3. The van der Waals surface area contributed by atoms with Crippen molar-refractivity contribution < 1.29 is 4.79 Å². The van der Waals surface area contributed by atoms with E-state index in [1.165, 1.54) is 6.20 Å². The van der Waals surface area contributed by atoms with Gasteiger partial charge in [-0.15, -0.1) is 0 Å². The number of carbonyl (C=O) groups excluding carboxylic acids is 1. The third-order valence-corrected chi connectivity index (χ3v) is 4.73. The number of amides is 1. The number of nitrogens with zero attached hydrogens (tertiary/aromatic N) is 3. The van der Waals surface area contributed by atoms with Gasteiger partial charge in [-0.3, -0.25) is 19.3 Å². The molecule has 1 aliphatic carbocycles. The Bertz CT molecular complexity index is 973. The highest BCUT2D eigenvalue weighted by atomic mass is 16.1. The zero-order valence-electron chi connectivity index (χ0n) is 14.2. The van der Waals surface area contributed by atoms with Crippen LogP contribution >= 0.6 is 0 Å².